The Balaban J connectivity index is 1.48. The van der Waals surface area contributed by atoms with Gasteiger partial charge in [-0.15, -0.1) is 5.10 Å². The molecule has 3 amide bonds. The fourth-order valence-corrected chi connectivity index (χ4v) is 4.74. The lowest BCUT2D eigenvalue weighted by molar-refractivity contribution is -0.134. The van der Waals surface area contributed by atoms with Gasteiger partial charge < -0.3 is 9.80 Å². The monoisotopic (exact) mass is 343 g/mol. The summed E-state index contributed by atoms with van der Waals surface area (Å²) in [6, 6.07) is 3.78. The van der Waals surface area contributed by atoms with Gasteiger partial charge in [-0.25, -0.2) is 4.79 Å². The van der Waals surface area contributed by atoms with Gasteiger partial charge in [-0.05, 0) is 44.2 Å². The van der Waals surface area contributed by atoms with Crippen molar-refractivity contribution in [2.45, 2.75) is 57.0 Å². The summed E-state index contributed by atoms with van der Waals surface area (Å²) in [4.78, 5) is 31.7. The first kappa shape index (κ1) is 16.3. The Morgan fingerprint density at radius 2 is 2.04 bits per heavy atom. The fraction of sp³-hybridized carbons (Fsp3) is 0.667. The van der Waals surface area contributed by atoms with Crippen LogP contribution >= 0.6 is 0 Å². The molecule has 1 aromatic rings. The summed E-state index contributed by atoms with van der Waals surface area (Å²) < 4.78 is 0. The Labute approximate surface area is 148 Å². The molecule has 3 fully saturated rings. The van der Waals surface area contributed by atoms with Crippen molar-refractivity contribution in [1.29, 1.82) is 0 Å². The predicted octanol–water partition coefficient (Wildman–Crippen LogP) is 2.04. The number of urea groups is 1. The highest BCUT2D eigenvalue weighted by Crippen LogP contribution is 2.42. The number of imide groups is 1. The molecule has 3 saturated heterocycles. The lowest BCUT2D eigenvalue weighted by Crippen LogP contribution is -2.49. The summed E-state index contributed by atoms with van der Waals surface area (Å²) in [5.74, 6) is 0.915. The van der Waals surface area contributed by atoms with E-state index in [9.17, 15) is 9.59 Å². The summed E-state index contributed by atoms with van der Waals surface area (Å²) in [5.41, 5.74) is -0.548. The molecule has 1 atom stereocenters. The van der Waals surface area contributed by atoms with Crippen molar-refractivity contribution in [3.05, 3.63) is 18.3 Å². The van der Waals surface area contributed by atoms with Gasteiger partial charge in [0.05, 0.1) is 0 Å². The van der Waals surface area contributed by atoms with E-state index in [1.54, 1.807) is 11.1 Å². The molecule has 4 heterocycles. The zero-order valence-corrected chi connectivity index (χ0v) is 14.7. The highest BCUT2D eigenvalue weighted by Gasteiger charge is 2.60. The molecule has 0 aromatic carbocycles. The number of piperidine rings is 1. The first-order chi connectivity index (χ1) is 12.2. The van der Waals surface area contributed by atoms with Crippen LogP contribution in [0, 0.1) is 0 Å². The molecule has 1 aromatic heterocycles. The molecule has 25 heavy (non-hydrogen) atoms. The van der Waals surface area contributed by atoms with Crippen LogP contribution in [0.5, 0.6) is 0 Å². The third-order valence-electron chi connectivity index (χ3n) is 5.92. The Bertz CT molecular complexity index is 659. The van der Waals surface area contributed by atoms with E-state index in [-0.39, 0.29) is 18.0 Å². The fourth-order valence-electron chi connectivity index (χ4n) is 4.74. The van der Waals surface area contributed by atoms with E-state index < -0.39 is 5.54 Å². The van der Waals surface area contributed by atoms with Gasteiger partial charge in [-0.3, -0.25) is 9.69 Å². The van der Waals surface area contributed by atoms with Crippen molar-refractivity contribution in [1.82, 2.24) is 20.0 Å². The minimum atomic E-state index is -0.548. The number of fused-ring (bicyclic) bond motifs is 1. The second-order valence-electron chi connectivity index (χ2n) is 7.29. The standard InChI is InChI=1S/C18H25N5O2/c1-2-8-18-9-4-11-22(18)17(25)23(16(18)24)14-6-12-21(13-7-14)15-5-3-10-19-20-15/h3,5,10,14H,2,4,6-9,11-13H2,1H3/t18-/m1/s1. The smallest absolute Gasteiger partial charge is 0.327 e. The van der Waals surface area contributed by atoms with E-state index in [0.717, 1.165) is 64.0 Å². The lowest BCUT2D eigenvalue weighted by atomic mass is 9.90. The zero-order valence-electron chi connectivity index (χ0n) is 14.7. The summed E-state index contributed by atoms with van der Waals surface area (Å²) in [6.07, 6.45) is 6.73. The maximum absolute atomic E-state index is 13.2. The molecule has 7 heteroatoms. The lowest BCUT2D eigenvalue weighted by Gasteiger charge is -2.36. The molecule has 0 aliphatic carbocycles. The molecule has 0 spiro atoms. The Kier molecular flexibility index (Phi) is 4.09. The Hall–Kier alpha value is -2.18. The summed E-state index contributed by atoms with van der Waals surface area (Å²) >= 11 is 0. The van der Waals surface area contributed by atoms with Crippen LogP contribution in [-0.4, -0.2) is 63.2 Å². The molecule has 3 aliphatic rings. The molecule has 134 valence electrons. The largest absolute Gasteiger partial charge is 0.355 e. The maximum atomic E-state index is 13.2. The van der Waals surface area contributed by atoms with E-state index in [1.807, 2.05) is 17.0 Å². The van der Waals surface area contributed by atoms with Gasteiger partial charge in [-0.1, -0.05) is 13.3 Å². The Morgan fingerprint density at radius 3 is 2.72 bits per heavy atom. The Morgan fingerprint density at radius 1 is 1.24 bits per heavy atom. The van der Waals surface area contributed by atoms with E-state index >= 15 is 0 Å². The van der Waals surface area contributed by atoms with Crippen LogP contribution < -0.4 is 4.90 Å². The number of rotatable bonds is 4. The average molecular weight is 343 g/mol. The maximum Gasteiger partial charge on any atom is 0.327 e. The van der Waals surface area contributed by atoms with Crippen LogP contribution in [0.25, 0.3) is 0 Å². The van der Waals surface area contributed by atoms with Crippen molar-refractivity contribution in [2.75, 3.05) is 24.5 Å². The number of aromatic nitrogens is 2. The van der Waals surface area contributed by atoms with Crippen molar-refractivity contribution >= 4 is 17.8 Å². The quantitative estimate of drug-likeness (QED) is 0.783. The first-order valence-electron chi connectivity index (χ1n) is 9.35. The second-order valence-corrected chi connectivity index (χ2v) is 7.29. The van der Waals surface area contributed by atoms with Crippen LogP contribution in [0.3, 0.4) is 0 Å². The molecule has 0 unspecified atom stereocenters. The molecule has 0 N–H and O–H groups in total. The van der Waals surface area contributed by atoms with Crippen molar-refractivity contribution in [2.24, 2.45) is 0 Å². The van der Waals surface area contributed by atoms with Crippen LogP contribution in [0.4, 0.5) is 10.6 Å². The predicted molar refractivity (Wildman–Crippen MR) is 93.1 cm³/mol. The SMILES string of the molecule is CCC[C@]12CCCN1C(=O)N(C1CCN(c3cccnn3)CC1)C2=O. The summed E-state index contributed by atoms with van der Waals surface area (Å²) in [6.45, 7) is 4.40. The average Bonchev–Trinajstić information content (AvgIpc) is 3.15. The van der Waals surface area contributed by atoms with Gasteiger partial charge in [0.15, 0.2) is 5.82 Å². The van der Waals surface area contributed by atoms with Gasteiger partial charge >= 0.3 is 6.03 Å². The van der Waals surface area contributed by atoms with Crippen LogP contribution in [0.15, 0.2) is 18.3 Å². The van der Waals surface area contributed by atoms with Gasteiger partial charge in [0, 0.05) is 31.9 Å². The third-order valence-corrected chi connectivity index (χ3v) is 5.92. The minimum absolute atomic E-state index is 0.00672. The molecule has 0 bridgehead atoms. The normalized spacial score (nSPS) is 27.3. The number of hydrogen-bond acceptors (Lipinski definition) is 5. The minimum Gasteiger partial charge on any atom is -0.355 e. The zero-order chi connectivity index (χ0) is 17.4. The van der Waals surface area contributed by atoms with Crippen LogP contribution in [0.2, 0.25) is 0 Å². The van der Waals surface area contributed by atoms with E-state index in [4.69, 9.17) is 0 Å². The topological polar surface area (TPSA) is 69.6 Å². The number of carbonyl (C=O) groups excluding carboxylic acids is 2. The third kappa shape index (κ3) is 2.48. The van der Waals surface area contributed by atoms with Crippen molar-refractivity contribution in [3.8, 4) is 0 Å². The molecule has 4 rings (SSSR count). The molecule has 0 radical (unpaired) electrons. The summed E-state index contributed by atoms with van der Waals surface area (Å²) in [7, 11) is 0. The second kappa shape index (κ2) is 6.28. The van der Waals surface area contributed by atoms with Crippen molar-refractivity contribution in [3.63, 3.8) is 0 Å². The van der Waals surface area contributed by atoms with Crippen LogP contribution in [-0.2, 0) is 4.79 Å². The van der Waals surface area contributed by atoms with Crippen LogP contribution in [0.1, 0.15) is 45.4 Å². The molecular formula is C18H25N5O2. The highest BCUT2D eigenvalue weighted by molar-refractivity contribution is 6.07. The number of carbonyl (C=O) groups is 2. The van der Waals surface area contributed by atoms with E-state index in [2.05, 4.69) is 22.0 Å². The molecule has 3 aliphatic heterocycles. The number of amides is 3. The van der Waals surface area contributed by atoms with E-state index in [0.29, 0.717) is 0 Å². The summed E-state index contributed by atoms with van der Waals surface area (Å²) in [5, 5.41) is 8.09. The van der Waals surface area contributed by atoms with E-state index in [1.165, 1.54) is 0 Å². The number of nitrogens with zero attached hydrogens (tertiary/aromatic N) is 5. The molecular weight excluding hydrogens is 318 g/mol. The van der Waals surface area contributed by atoms with Gasteiger partial charge in [0.2, 0.25) is 0 Å². The number of hydrogen-bond donors (Lipinski definition) is 0. The highest BCUT2D eigenvalue weighted by atomic mass is 16.2. The number of anilines is 1. The van der Waals surface area contributed by atoms with Gasteiger partial charge in [0.25, 0.3) is 5.91 Å². The van der Waals surface area contributed by atoms with Crippen molar-refractivity contribution < 1.29 is 9.59 Å². The first-order valence-corrected chi connectivity index (χ1v) is 9.35. The van der Waals surface area contributed by atoms with Gasteiger partial charge in [-0.2, -0.15) is 5.10 Å². The molecule has 0 saturated carbocycles. The molecule has 7 nitrogen and oxygen atoms in total. The van der Waals surface area contributed by atoms with Gasteiger partial charge in [0.1, 0.15) is 5.54 Å².